The SMILES string of the molecule is CC(C#N)(CCC(=O)O)CC(CC(SC(=S)S)C(=O)OCCBr)c1ccccc1. The number of halogens is 1. The standard InChI is InChI=1S/C20H24BrNO4S3/c1-20(13-22,8-7-17(23)24)12-15(14-5-3-2-4-6-14)11-16(29-19(27)28)18(25)26-10-9-21/h2-6,15-16H,7-12H2,1H3,(H,23,24)(H,27,28). The number of carboxylic acid groups (broad SMARTS) is 1. The minimum Gasteiger partial charge on any atom is -0.481 e. The summed E-state index contributed by atoms with van der Waals surface area (Å²) in [6, 6.07) is 11.9. The van der Waals surface area contributed by atoms with Crippen LogP contribution in [0.2, 0.25) is 0 Å². The number of rotatable bonds is 12. The Morgan fingerprint density at radius 2 is 2.07 bits per heavy atom. The Bertz CT molecular complexity index is 741. The lowest BCUT2D eigenvalue weighted by molar-refractivity contribution is -0.142. The molecule has 0 aromatic heterocycles. The molecule has 5 nitrogen and oxygen atoms in total. The Balaban J connectivity index is 3.12. The van der Waals surface area contributed by atoms with E-state index in [2.05, 4.69) is 34.6 Å². The van der Waals surface area contributed by atoms with Gasteiger partial charge < -0.3 is 9.84 Å². The van der Waals surface area contributed by atoms with E-state index in [1.165, 1.54) is 0 Å². The summed E-state index contributed by atoms with van der Waals surface area (Å²) in [5.41, 5.74) is 0.142. The van der Waals surface area contributed by atoms with Crippen molar-refractivity contribution in [2.24, 2.45) is 5.41 Å². The first-order valence-corrected chi connectivity index (χ1v) is 11.9. The minimum absolute atomic E-state index is 0.0855. The number of thiocarbonyl (C=S) groups is 1. The number of carbonyl (C=O) groups is 2. The van der Waals surface area contributed by atoms with Crippen LogP contribution in [-0.2, 0) is 14.3 Å². The molecule has 9 heteroatoms. The fraction of sp³-hybridized carbons (Fsp3) is 0.500. The smallest absolute Gasteiger partial charge is 0.319 e. The van der Waals surface area contributed by atoms with Crippen LogP contribution < -0.4 is 0 Å². The highest BCUT2D eigenvalue weighted by atomic mass is 79.9. The second-order valence-electron chi connectivity index (χ2n) is 6.84. The van der Waals surface area contributed by atoms with E-state index >= 15 is 0 Å². The van der Waals surface area contributed by atoms with E-state index in [1.54, 1.807) is 6.92 Å². The molecular weight excluding hydrogens is 494 g/mol. The predicted octanol–water partition coefficient (Wildman–Crippen LogP) is 5.20. The summed E-state index contributed by atoms with van der Waals surface area (Å²) in [6.07, 6.45) is 0.973. The van der Waals surface area contributed by atoms with Crippen molar-refractivity contribution in [2.75, 3.05) is 11.9 Å². The minimum atomic E-state index is -0.935. The number of hydrogen-bond donors (Lipinski definition) is 2. The van der Waals surface area contributed by atoms with Crippen LogP contribution >= 0.6 is 52.5 Å². The number of ether oxygens (including phenoxy) is 1. The second kappa shape index (κ2) is 13.3. The molecule has 0 saturated heterocycles. The van der Waals surface area contributed by atoms with Crippen LogP contribution in [0.4, 0.5) is 0 Å². The zero-order valence-corrected chi connectivity index (χ0v) is 20.2. The number of thioether (sulfide) groups is 1. The van der Waals surface area contributed by atoms with Crippen LogP contribution in [0.5, 0.6) is 0 Å². The van der Waals surface area contributed by atoms with Gasteiger partial charge in [0.05, 0.1) is 11.5 Å². The molecule has 1 rings (SSSR count). The number of benzene rings is 1. The van der Waals surface area contributed by atoms with E-state index in [1.807, 2.05) is 30.3 Å². The lowest BCUT2D eigenvalue weighted by atomic mass is 9.75. The zero-order chi connectivity index (χ0) is 21.9. The van der Waals surface area contributed by atoms with Crippen molar-refractivity contribution in [2.45, 2.75) is 43.8 Å². The molecule has 0 saturated carbocycles. The van der Waals surface area contributed by atoms with Gasteiger partial charge in [-0.15, -0.1) is 12.6 Å². The topological polar surface area (TPSA) is 87.4 Å². The molecule has 0 radical (unpaired) electrons. The molecule has 3 atom stereocenters. The normalized spacial score (nSPS) is 14.8. The van der Waals surface area contributed by atoms with Gasteiger partial charge in [0.2, 0.25) is 0 Å². The average Bonchev–Trinajstić information content (AvgIpc) is 2.69. The number of alkyl halides is 1. The summed E-state index contributed by atoms with van der Waals surface area (Å²) in [5.74, 6) is -1.46. The molecule has 0 fully saturated rings. The largest absolute Gasteiger partial charge is 0.481 e. The maximum absolute atomic E-state index is 12.6. The Kier molecular flexibility index (Phi) is 11.9. The fourth-order valence-electron chi connectivity index (χ4n) is 3.00. The maximum atomic E-state index is 12.6. The Labute approximate surface area is 195 Å². The van der Waals surface area contributed by atoms with Gasteiger partial charge in [-0.1, -0.05) is 70.2 Å². The third-order valence-electron chi connectivity index (χ3n) is 4.45. The molecule has 0 amide bonds. The van der Waals surface area contributed by atoms with E-state index in [-0.39, 0.29) is 31.3 Å². The number of nitrogens with zero attached hydrogens (tertiary/aromatic N) is 1. The monoisotopic (exact) mass is 517 g/mol. The van der Waals surface area contributed by atoms with Crippen molar-refractivity contribution < 1.29 is 19.4 Å². The quantitative estimate of drug-likeness (QED) is 0.170. The van der Waals surface area contributed by atoms with Gasteiger partial charge in [-0.05, 0) is 37.7 Å². The number of thiol groups is 1. The third-order valence-corrected chi connectivity index (χ3v) is 6.25. The first-order valence-electron chi connectivity index (χ1n) is 9.01. The van der Waals surface area contributed by atoms with Gasteiger partial charge in [0, 0.05) is 11.8 Å². The van der Waals surface area contributed by atoms with Crippen LogP contribution in [0.1, 0.15) is 44.1 Å². The first-order chi connectivity index (χ1) is 13.7. The van der Waals surface area contributed by atoms with E-state index in [9.17, 15) is 14.9 Å². The van der Waals surface area contributed by atoms with Gasteiger partial charge in [-0.2, -0.15) is 5.26 Å². The Hall–Kier alpha value is -1.08. The van der Waals surface area contributed by atoms with Gasteiger partial charge in [-0.25, -0.2) is 0 Å². The van der Waals surface area contributed by atoms with Crippen LogP contribution in [0.25, 0.3) is 0 Å². The van der Waals surface area contributed by atoms with Gasteiger partial charge in [0.1, 0.15) is 15.4 Å². The van der Waals surface area contributed by atoms with Crippen LogP contribution in [0, 0.1) is 16.7 Å². The third kappa shape index (κ3) is 9.98. The van der Waals surface area contributed by atoms with Crippen molar-refractivity contribution in [3.05, 3.63) is 35.9 Å². The maximum Gasteiger partial charge on any atom is 0.319 e. The van der Waals surface area contributed by atoms with Crippen molar-refractivity contribution in [1.29, 1.82) is 5.26 Å². The molecule has 1 aromatic rings. The highest BCUT2D eigenvalue weighted by Crippen LogP contribution is 2.40. The van der Waals surface area contributed by atoms with E-state index in [0.29, 0.717) is 21.7 Å². The molecule has 0 spiro atoms. The fourth-order valence-corrected chi connectivity index (χ4v) is 4.63. The summed E-state index contributed by atoms with van der Waals surface area (Å²) in [6.45, 7) is 2.01. The van der Waals surface area contributed by atoms with E-state index < -0.39 is 16.6 Å². The molecule has 0 bridgehead atoms. The number of carboxylic acids is 1. The molecule has 3 unspecified atom stereocenters. The number of nitriles is 1. The average molecular weight is 519 g/mol. The van der Waals surface area contributed by atoms with Crippen LogP contribution in [-0.4, -0.2) is 37.8 Å². The van der Waals surface area contributed by atoms with Crippen molar-refractivity contribution >= 4 is 68.0 Å². The predicted molar refractivity (Wildman–Crippen MR) is 127 cm³/mol. The van der Waals surface area contributed by atoms with Crippen LogP contribution in [0.15, 0.2) is 30.3 Å². The number of hydrogen-bond acceptors (Lipinski definition) is 6. The highest BCUT2D eigenvalue weighted by Gasteiger charge is 2.33. The zero-order valence-electron chi connectivity index (χ0n) is 16.0. The first kappa shape index (κ1) is 26.0. The number of carbonyl (C=O) groups excluding carboxylic acids is 1. The van der Waals surface area contributed by atoms with Crippen molar-refractivity contribution in [3.63, 3.8) is 0 Å². The summed E-state index contributed by atoms with van der Waals surface area (Å²) < 4.78 is 5.62. The van der Waals surface area contributed by atoms with Gasteiger partial charge in [0.15, 0.2) is 0 Å². The number of esters is 1. The molecule has 0 aliphatic rings. The molecule has 0 aliphatic carbocycles. The van der Waals surface area contributed by atoms with Crippen molar-refractivity contribution in [3.8, 4) is 6.07 Å². The summed E-state index contributed by atoms with van der Waals surface area (Å²) in [7, 11) is 0. The number of aliphatic carboxylic acids is 1. The lowest BCUT2D eigenvalue weighted by Crippen LogP contribution is -2.27. The molecular formula is C20H24BrNO4S3. The van der Waals surface area contributed by atoms with E-state index in [4.69, 9.17) is 22.1 Å². The molecule has 29 heavy (non-hydrogen) atoms. The molecule has 0 aliphatic heterocycles. The summed E-state index contributed by atoms with van der Waals surface area (Å²) >= 11 is 13.6. The lowest BCUT2D eigenvalue weighted by Gasteiger charge is -2.29. The Morgan fingerprint density at radius 1 is 1.41 bits per heavy atom. The second-order valence-corrected chi connectivity index (χ2v) is 10.6. The van der Waals surface area contributed by atoms with Gasteiger partial charge in [-0.3, -0.25) is 9.59 Å². The molecule has 1 aromatic carbocycles. The van der Waals surface area contributed by atoms with Gasteiger partial charge >= 0.3 is 11.9 Å². The molecule has 1 N–H and O–H groups in total. The highest BCUT2D eigenvalue weighted by molar-refractivity contribution is 9.09. The van der Waals surface area contributed by atoms with Crippen molar-refractivity contribution in [1.82, 2.24) is 0 Å². The Morgan fingerprint density at radius 3 is 2.59 bits per heavy atom. The molecule has 158 valence electrons. The van der Waals surface area contributed by atoms with E-state index in [0.717, 1.165) is 17.3 Å². The molecule has 0 heterocycles. The van der Waals surface area contributed by atoms with Crippen LogP contribution in [0.3, 0.4) is 0 Å². The summed E-state index contributed by atoms with van der Waals surface area (Å²) in [4.78, 5) is 23.6. The van der Waals surface area contributed by atoms with Gasteiger partial charge in [0.25, 0.3) is 0 Å². The summed E-state index contributed by atoms with van der Waals surface area (Å²) in [5, 5.41) is 18.7.